The Morgan fingerprint density at radius 3 is 2.71 bits per heavy atom. The van der Waals surface area contributed by atoms with Crippen LogP contribution >= 0.6 is 0 Å². The van der Waals surface area contributed by atoms with Crippen LogP contribution in [-0.2, 0) is 4.74 Å². The summed E-state index contributed by atoms with van der Waals surface area (Å²) in [6, 6.07) is 6.81. The van der Waals surface area contributed by atoms with Crippen molar-refractivity contribution in [2.75, 3.05) is 19.7 Å². The molecule has 21 heavy (non-hydrogen) atoms. The summed E-state index contributed by atoms with van der Waals surface area (Å²) in [5.41, 5.74) is 6.64. The van der Waals surface area contributed by atoms with Crippen molar-refractivity contribution >= 4 is 0 Å². The Morgan fingerprint density at radius 2 is 2.05 bits per heavy atom. The van der Waals surface area contributed by atoms with Gasteiger partial charge in [0.1, 0.15) is 5.75 Å². The first-order valence-electron chi connectivity index (χ1n) is 7.14. The molecule has 1 aliphatic heterocycles. The van der Waals surface area contributed by atoms with Crippen LogP contribution in [0.4, 0.5) is 8.78 Å². The molecule has 2 N–H and O–H groups in total. The summed E-state index contributed by atoms with van der Waals surface area (Å²) in [5, 5.41) is 0. The van der Waals surface area contributed by atoms with Crippen LogP contribution in [0.3, 0.4) is 0 Å². The Hall–Kier alpha value is -1.24. The number of hydrogen-bond donors (Lipinski definition) is 1. The van der Waals surface area contributed by atoms with E-state index < -0.39 is 6.61 Å². The van der Waals surface area contributed by atoms with E-state index in [4.69, 9.17) is 10.5 Å². The fourth-order valence-corrected chi connectivity index (χ4v) is 2.59. The Kier molecular flexibility index (Phi) is 5.50. The molecule has 0 saturated carbocycles. The summed E-state index contributed by atoms with van der Waals surface area (Å²) in [5.74, 6) is 0.226. The summed E-state index contributed by atoms with van der Waals surface area (Å²) in [6.45, 7) is 3.09. The number of nitrogens with two attached hydrogens (primary N) is 1. The fraction of sp³-hybridized carbons (Fsp3) is 0.600. The van der Waals surface area contributed by atoms with E-state index in [0.29, 0.717) is 13.2 Å². The molecule has 118 valence electrons. The van der Waals surface area contributed by atoms with E-state index in [0.717, 1.165) is 12.1 Å². The van der Waals surface area contributed by atoms with Gasteiger partial charge in [0.05, 0.1) is 12.7 Å². The zero-order valence-electron chi connectivity index (χ0n) is 12.3. The molecule has 1 aliphatic rings. The van der Waals surface area contributed by atoms with Gasteiger partial charge in [-0.3, -0.25) is 4.90 Å². The largest absolute Gasteiger partial charge is 0.434 e. The monoisotopic (exact) mass is 300 g/mol. The first kappa shape index (κ1) is 16.1. The minimum Gasteiger partial charge on any atom is -0.434 e. The lowest BCUT2D eigenvalue weighted by atomic mass is 10.0. The number of hydrogen-bond acceptors (Lipinski definition) is 4. The van der Waals surface area contributed by atoms with Gasteiger partial charge >= 0.3 is 6.61 Å². The molecular formula is C15H22F2N2O2. The van der Waals surface area contributed by atoms with E-state index >= 15 is 0 Å². The molecule has 0 aliphatic carbocycles. The number of nitrogens with zero attached hydrogens (tertiary/aromatic N) is 1. The highest BCUT2D eigenvalue weighted by molar-refractivity contribution is 5.35. The van der Waals surface area contributed by atoms with E-state index in [9.17, 15) is 8.78 Å². The Morgan fingerprint density at radius 1 is 1.33 bits per heavy atom. The molecule has 1 heterocycles. The Bertz CT molecular complexity index is 457. The lowest BCUT2D eigenvalue weighted by Crippen LogP contribution is -2.50. The van der Waals surface area contributed by atoms with Gasteiger partial charge in [0.2, 0.25) is 0 Å². The molecule has 1 fully saturated rings. The van der Waals surface area contributed by atoms with Gasteiger partial charge in [-0.15, -0.1) is 0 Å². The van der Waals surface area contributed by atoms with Crippen molar-refractivity contribution in [2.24, 2.45) is 5.73 Å². The maximum absolute atomic E-state index is 12.5. The van der Waals surface area contributed by atoms with Crippen LogP contribution < -0.4 is 10.5 Å². The SMILES string of the molecule is CC(N)C1CN(C(C)c2ccccc2OC(F)F)CCO1. The summed E-state index contributed by atoms with van der Waals surface area (Å²) in [4.78, 5) is 2.19. The molecule has 3 unspecified atom stereocenters. The highest BCUT2D eigenvalue weighted by Crippen LogP contribution is 2.31. The maximum atomic E-state index is 12.5. The number of morpholine rings is 1. The van der Waals surface area contributed by atoms with Crippen molar-refractivity contribution in [3.05, 3.63) is 29.8 Å². The van der Waals surface area contributed by atoms with Gasteiger partial charge in [0.15, 0.2) is 0 Å². The lowest BCUT2D eigenvalue weighted by molar-refractivity contribution is -0.0578. The van der Waals surface area contributed by atoms with Crippen molar-refractivity contribution in [3.63, 3.8) is 0 Å². The second-order valence-electron chi connectivity index (χ2n) is 5.36. The maximum Gasteiger partial charge on any atom is 0.387 e. The Labute approximate surface area is 123 Å². The minimum absolute atomic E-state index is 0.0369. The van der Waals surface area contributed by atoms with Crippen LogP contribution in [0.25, 0.3) is 0 Å². The van der Waals surface area contributed by atoms with E-state index in [2.05, 4.69) is 9.64 Å². The normalized spacial score (nSPS) is 23.0. The number of para-hydroxylation sites is 1. The smallest absolute Gasteiger partial charge is 0.387 e. The van der Waals surface area contributed by atoms with Gasteiger partial charge in [-0.05, 0) is 19.9 Å². The van der Waals surface area contributed by atoms with Crippen molar-refractivity contribution in [2.45, 2.75) is 38.6 Å². The number of halogens is 2. The summed E-state index contributed by atoms with van der Waals surface area (Å²) < 4.78 is 35.3. The standard InChI is InChI=1S/C15H22F2N2O2/c1-10(18)14-9-19(7-8-20-14)11(2)12-5-3-4-6-13(12)21-15(16)17/h3-6,10-11,14-15H,7-9,18H2,1-2H3. The van der Waals surface area contributed by atoms with Crippen LogP contribution in [0, 0.1) is 0 Å². The third-order valence-electron chi connectivity index (χ3n) is 3.84. The average Bonchev–Trinajstić information content (AvgIpc) is 2.46. The van der Waals surface area contributed by atoms with Gasteiger partial charge < -0.3 is 15.2 Å². The first-order valence-corrected chi connectivity index (χ1v) is 7.14. The molecule has 0 bridgehead atoms. The number of alkyl halides is 2. The minimum atomic E-state index is -2.82. The molecule has 1 aromatic rings. The number of ether oxygens (including phenoxy) is 2. The molecule has 1 aromatic carbocycles. The average molecular weight is 300 g/mol. The van der Waals surface area contributed by atoms with Gasteiger partial charge in [-0.25, -0.2) is 0 Å². The van der Waals surface area contributed by atoms with Gasteiger partial charge in [0.25, 0.3) is 0 Å². The molecule has 0 spiro atoms. The van der Waals surface area contributed by atoms with Crippen LogP contribution in [0.1, 0.15) is 25.5 Å². The molecule has 0 aromatic heterocycles. The summed E-state index contributed by atoms with van der Waals surface area (Å²) in [7, 11) is 0. The van der Waals surface area contributed by atoms with Crippen molar-refractivity contribution in [1.29, 1.82) is 0 Å². The summed E-state index contributed by atoms with van der Waals surface area (Å²) >= 11 is 0. The topological polar surface area (TPSA) is 47.7 Å². The highest BCUT2D eigenvalue weighted by atomic mass is 19.3. The van der Waals surface area contributed by atoms with Crippen molar-refractivity contribution < 1.29 is 18.3 Å². The predicted octanol–water partition coefficient (Wildman–Crippen LogP) is 2.40. The fourth-order valence-electron chi connectivity index (χ4n) is 2.59. The molecular weight excluding hydrogens is 278 g/mol. The molecule has 1 saturated heterocycles. The van der Waals surface area contributed by atoms with Crippen LogP contribution in [0.5, 0.6) is 5.75 Å². The zero-order chi connectivity index (χ0) is 15.4. The quantitative estimate of drug-likeness (QED) is 0.907. The van der Waals surface area contributed by atoms with E-state index in [1.165, 1.54) is 0 Å². The molecule has 2 rings (SSSR count). The third-order valence-corrected chi connectivity index (χ3v) is 3.84. The molecule has 6 heteroatoms. The predicted molar refractivity (Wildman–Crippen MR) is 76.5 cm³/mol. The zero-order valence-corrected chi connectivity index (χ0v) is 12.3. The van der Waals surface area contributed by atoms with Crippen LogP contribution in [-0.4, -0.2) is 43.4 Å². The van der Waals surface area contributed by atoms with E-state index in [1.807, 2.05) is 26.0 Å². The third kappa shape index (κ3) is 4.12. The second-order valence-corrected chi connectivity index (χ2v) is 5.36. The van der Waals surface area contributed by atoms with E-state index in [1.54, 1.807) is 12.1 Å². The number of benzene rings is 1. The van der Waals surface area contributed by atoms with Gasteiger partial charge in [-0.1, -0.05) is 18.2 Å². The molecule has 0 amide bonds. The highest BCUT2D eigenvalue weighted by Gasteiger charge is 2.28. The van der Waals surface area contributed by atoms with Crippen LogP contribution in [0.2, 0.25) is 0 Å². The Balaban J connectivity index is 2.14. The van der Waals surface area contributed by atoms with Crippen molar-refractivity contribution in [1.82, 2.24) is 4.90 Å². The van der Waals surface area contributed by atoms with E-state index in [-0.39, 0.29) is 23.9 Å². The lowest BCUT2D eigenvalue weighted by Gasteiger charge is -2.38. The first-order chi connectivity index (χ1) is 9.99. The molecule has 3 atom stereocenters. The van der Waals surface area contributed by atoms with Gasteiger partial charge in [-0.2, -0.15) is 8.78 Å². The number of rotatable bonds is 5. The molecule has 0 radical (unpaired) electrons. The van der Waals surface area contributed by atoms with Crippen LogP contribution in [0.15, 0.2) is 24.3 Å². The van der Waals surface area contributed by atoms with Crippen molar-refractivity contribution in [3.8, 4) is 5.75 Å². The molecule has 4 nitrogen and oxygen atoms in total. The second kappa shape index (κ2) is 7.15. The van der Waals surface area contributed by atoms with Gasteiger partial charge in [0, 0.05) is 30.7 Å². The summed E-state index contributed by atoms with van der Waals surface area (Å²) in [6.07, 6.45) is -0.0376.